The van der Waals surface area contributed by atoms with Gasteiger partial charge in [-0.1, -0.05) is 66.4 Å². The van der Waals surface area contributed by atoms with Crippen LogP contribution in [-0.2, 0) is 14.3 Å². The lowest BCUT2D eigenvalue weighted by Crippen LogP contribution is -2.34. The Bertz CT molecular complexity index is 855. The van der Waals surface area contributed by atoms with Crippen molar-refractivity contribution in [1.29, 1.82) is 0 Å². The number of hydrogen-bond acceptors (Lipinski definition) is 5. The van der Waals surface area contributed by atoms with E-state index in [1.807, 2.05) is 48.5 Å². The molecule has 0 spiro atoms. The van der Waals surface area contributed by atoms with Crippen LogP contribution in [0.2, 0.25) is 0 Å². The zero-order chi connectivity index (χ0) is 17.1. The van der Waals surface area contributed by atoms with Crippen LogP contribution in [0.5, 0.6) is 0 Å². The number of nitrogens with zero attached hydrogens (tertiary/aromatic N) is 1. The van der Waals surface area contributed by atoms with Gasteiger partial charge in [0, 0.05) is 0 Å². The normalized spacial score (nSPS) is 16.2. The number of ether oxygens (including phenoxy) is 1. The Morgan fingerprint density at radius 2 is 2.00 bits per heavy atom. The van der Waals surface area contributed by atoms with E-state index >= 15 is 0 Å². The molecule has 0 aliphatic carbocycles. The van der Waals surface area contributed by atoms with Crippen molar-refractivity contribution in [1.82, 2.24) is 4.90 Å². The predicted octanol–water partition coefficient (Wildman–Crippen LogP) is 3.60. The highest BCUT2D eigenvalue weighted by Crippen LogP contribution is 2.33. The van der Waals surface area contributed by atoms with Crippen molar-refractivity contribution in [2.75, 3.05) is 13.2 Å². The fraction of sp³-hybridized carbons (Fsp3) is 0.167. The zero-order valence-corrected chi connectivity index (χ0v) is 14.7. The second-order valence-electron chi connectivity index (χ2n) is 5.14. The van der Waals surface area contributed by atoms with Crippen LogP contribution in [0.4, 0.5) is 0 Å². The third-order valence-corrected chi connectivity index (χ3v) is 4.95. The van der Waals surface area contributed by atoms with Crippen molar-refractivity contribution in [2.45, 2.75) is 6.92 Å². The lowest BCUT2D eigenvalue weighted by atomic mass is 10.0. The van der Waals surface area contributed by atoms with Crippen molar-refractivity contribution in [3.63, 3.8) is 0 Å². The number of amides is 1. The summed E-state index contributed by atoms with van der Waals surface area (Å²) in [6, 6.07) is 13.9. The van der Waals surface area contributed by atoms with Gasteiger partial charge in [-0.15, -0.1) is 0 Å². The third-order valence-electron chi connectivity index (χ3n) is 3.58. The second-order valence-corrected chi connectivity index (χ2v) is 6.82. The van der Waals surface area contributed by atoms with E-state index in [9.17, 15) is 9.59 Å². The Morgan fingerprint density at radius 1 is 1.25 bits per heavy atom. The van der Waals surface area contributed by atoms with E-state index in [-0.39, 0.29) is 19.1 Å². The third kappa shape index (κ3) is 3.34. The maximum absolute atomic E-state index is 12.5. The molecule has 1 amide bonds. The second kappa shape index (κ2) is 7.15. The smallest absolute Gasteiger partial charge is 0.326 e. The highest BCUT2D eigenvalue weighted by atomic mass is 32.2. The average Bonchev–Trinajstić information content (AvgIpc) is 2.83. The molecule has 0 aromatic heterocycles. The van der Waals surface area contributed by atoms with Crippen molar-refractivity contribution >= 4 is 57.0 Å². The van der Waals surface area contributed by atoms with E-state index in [1.165, 1.54) is 16.7 Å². The van der Waals surface area contributed by atoms with Gasteiger partial charge in [-0.25, -0.2) is 0 Å². The van der Waals surface area contributed by atoms with E-state index in [0.717, 1.165) is 16.3 Å². The molecular weight excluding hydrogens is 342 g/mol. The molecular formula is C18H15NO3S2. The molecule has 122 valence electrons. The van der Waals surface area contributed by atoms with E-state index < -0.39 is 5.97 Å². The molecule has 4 nitrogen and oxygen atoms in total. The minimum absolute atomic E-state index is 0.147. The summed E-state index contributed by atoms with van der Waals surface area (Å²) in [4.78, 5) is 26.0. The van der Waals surface area contributed by atoms with Gasteiger partial charge in [-0.3, -0.25) is 14.5 Å². The van der Waals surface area contributed by atoms with E-state index in [1.54, 1.807) is 6.92 Å². The molecule has 0 N–H and O–H groups in total. The van der Waals surface area contributed by atoms with Crippen LogP contribution in [0.25, 0.3) is 16.8 Å². The van der Waals surface area contributed by atoms with Crippen molar-refractivity contribution in [2.24, 2.45) is 0 Å². The minimum atomic E-state index is -0.458. The first-order valence-corrected chi connectivity index (χ1v) is 8.71. The van der Waals surface area contributed by atoms with Crippen molar-refractivity contribution < 1.29 is 14.3 Å². The summed E-state index contributed by atoms with van der Waals surface area (Å²) in [6.07, 6.45) is 1.83. The fourth-order valence-electron chi connectivity index (χ4n) is 2.49. The molecule has 1 fully saturated rings. The number of rotatable bonds is 4. The quantitative estimate of drug-likeness (QED) is 0.475. The van der Waals surface area contributed by atoms with Crippen LogP contribution < -0.4 is 0 Å². The summed E-state index contributed by atoms with van der Waals surface area (Å²) < 4.78 is 5.27. The summed E-state index contributed by atoms with van der Waals surface area (Å²) >= 11 is 6.44. The fourth-order valence-corrected chi connectivity index (χ4v) is 3.74. The molecule has 0 atom stereocenters. The number of benzene rings is 2. The van der Waals surface area contributed by atoms with Crippen LogP contribution in [0.3, 0.4) is 0 Å². The topological polar surface area (TPSA) is 46.6 Å². The van der Waals surface area contributed by atoms with Gasteiger partial charge in [0.15, 0.2) is 0 Å². The summed E-state index contributed by atoms with van der Waals surface area (Å²) in [5.41, 5.74) is 0.949. The molecule has 0 unspecified atom stereocenters. The van der Waals surface area contributed by atoms with Crippen LogP contribution in [0, 0.1) is 0 Å². The molecule has 1 saturated heterocycles. The van der Waals surface area contributed by atoms with Crippen LogP contribution in [0.1, 0.15) is 12.5 Å². The monoisotopic (exact) mass is 357 g/mol. The molecule has 1 aliphatic rings. The highest BCUT2D eigenvalue weighted by Gasteiger charge is 2.33. The molecule has 0 bridgehead atoms. The lowest BCUT2D eigenvalue weighted by Gasteiger charge is -2.12. The van der Waals surface area contributed by atoms with Crippen molar-refractivity contribution in [3.05, 3.63) is 52.9 Å². The van der Waals surface area contributed by atoms with Gasteiger partial charge in [0.25, 0.3) is 5.91 Å². The molecule has 0 saturated carbocycles. The summed E-state index contributed by atoms with van der Waals surface area (Å²) in [5.74, 6) is -0.716. The predicted molar refractivity (Wildman–Crippen MR) is 100 cm³/mol. The van der Waals surface area contributed by atoms with Gasteiger partial charge >= 0.3 is 5.97 Å². The number of esters is 1. The van der Waals surface area contributed by atoms with Gasteiger partial charge in [-0.2, -0.15) is 0 Å². The largest absolute Gasteiger partial charge is 0.465 e. The maximum atomic E-state index is 12.5. The first kappa shape index (κ1) is 16.7. The molecule has 6 heteroatoms. The van der Waals surface area contributed by atoms with Crippen LogP contribution in [-0.4, -0.2) is 34.2 Å². The molecule has 1 aliphatic heterocycles. The van der Waals surface area contributed by atoms with Gasteiger partial charge in [0.1, 0.15) is 10.9 Å². The van der Waals surface area contributed by atoms with E-state index in [0.29, 0.717) is 9.23 Å². The Morgan fingerprint density at radius 3 is 2.79 bits per heavy atom. The Hall–Kier alpha value is -2.18. The molecule has 24 heavy (non-hydrogen) atoms. The Kier molecular flexibility index (Phi) is 4.97. The SMILES string of the molecule is CCOC(=O)CN1C(=O)/C(=C/c2cccc3ccccc23)SC1=S. The zero-order valence-electron chi connectivity index (χ0n) is 13.0. The number of fused-ring (bicyclic) bond motifs is 1. The molecule has 2 aromatic rings. The number of hydrogen-bond donors (Lipinski definition) is 0. The number of thiocarbonyl (C=S) groups is 1. The summed E-state index contributed by atoms with van der Waals surface area (Å²) in [7, 11) is 0. The first-order valence-electron chi connectivity index (χ1n) is 7.49. The van der Waals surface area contributed by atoms with Gasteiger partial charge in [0.05, 0.1) is 11.5 Å². The summed E-state index contributed by atoms with van der Waals surface area (Å²) in [5, 5.41) is 2.17. The standard InChI is InChI=1S/C18H15NO3S2/c1-2-22-16(20)11-19-17(21)15(24-18(19)23)10-13-8-5-7-12-6-3-4-9-14(12)13/h3-10H,2,11H2,1H3/b15-10-. The Balaban J connectivity index is 1.89. The molecule has 0 radical (unpaired) electrons. The van der Waals surface area contributed by atoms with Gasteiger partial charge in [-0.05, 0) is 29.3 Å². The van der Waals surface area contributed by atoms with E-state index in [4.69, 9.17) is 17.0 Å². The van der Waals surface area contributed by atoms with Crippen LogP contribution in [0.15, 0.2) is 47.4 Å². The van der Waals surface area contributed by atoms with Gasteiger partial charge in [0.2, 0.25) is 0 Å². The average molecular weight is 357 g/mol. The Labute approximate surface area is 149 Å². The maximum Gasteiger partial charge on any atom is 0.326 e. The van der Waals surface area contributed by atoms with Crippen molar-refractivity contribution in [3.8, 4) is 0 Å². The molecule has 2 aromatic carbocycles. The first-order chi connectivity index (χ1) is 11.6. The van der Waals surface area contributed by atoms with Gasteiger partial charge < -0.3 is 4.74 Å². The van der Waals surface area contributed by atoms with Crippen LogP contribution >= 0.6 is 24.0 Å². The summed E-state index contributed by atoms with van der Waals surface area (Å²) in [6.45, 7) is 1.85. The number of carbonyl (C=O) groups excluding carboxylic acids is 2. The number of thioether (sulfide) groups is 1. The minimum Gasteiger partial charge on any atom is -0.465 e. The highest BCUT2D eigenvalue weighted by molar-refractivity contribution is 8.26. The molecule has 1 heterocycles. The lowest BCUT2D eigenvalue weighted by molar-refractivity contribution is -0.145. The van der Waals surface area contributed by atoms with E-state index in [2.05, 4.69) is 0 Å². The number of carbonyl (C=O) groups is 2. The molecule has 3 rings (SSSR count).